The minimum atomic E-state index is -4.37. The molecule has 128 valence electrons. The van der Waals surface area contributed by atoms with E-state index in [9.17, 15) is 22.8 Å². The van der Waals surface area contributed by atoms with Crippen LogP contribution in [-0.2, 0) is 11.8 Å². The van der Waals surface area contributed by atoms with Gasteiger partial charge in [0.25, 0.3) is 11.7 Å². The van der Waals surface area contributed by atoms with Crippen molar-refractivity contribution in [3.05, 3.63) is 17.0 Å². The summed E-state index contributed by atoms with van der Waals surface area (Å²) in [7, 11) is 1.64. The Bertz CT molecular complexity index is 622. The maximum atomic E-state index is 13.0. The van der Waals surface area contributed by atoms with Crippen LogP contribution in [0.15, 0.2) is 0 Å². The van der Waals surface area contributed by atoms with Crippen molar-refractivity contribution in [1.29, 1.82) is 0 Å². The fourth-order valence-electron chi connectivity index (χ4n) is 3.15. The number of carbonyl (C=O) groups is 2. The summed E-state index contributed by atoms with van der Waals surface area (Å²) < 4.78 is 40.6. The molecule has 1 aromatic rings. The van der Waals surface area contributed by atoms with Crippen LogP contribution in [0.25, 0.3) is 0 Å². The zero-order chi connectivity index (χ0) is 17.4. The molecule has 1 fully saturated rings. The highest BCUT2D eigenvalue weighted by atomic mass is 19.4. The van der Waals surface area contributed by atoms with Gasteiger partial charge in [-0.3, -0.25) is 14.3 Å². The average Bonchev–Trinajstić information content (AvgIpc) is 2.71. The fraction of sp³-hybridized carbons (Fsp3) is 0.667. The van der Waals surface area contributed by atoms with Crippen molar-refractivity contribution >= 4 is 11.7 Å². The molecule has 1 amide bonds. The minimum Gasteiger partial charge on any atom is -0.346 e. The summed E-state index contributed by atoms with van der Waals surface area (Å²) in [6.45, 7) is 3.23. The molecule has 0 radical (unpaired) electrons. The molecular weight excluding hydrogens is 311 g/mol. The van der Waals surface area contributed by atoms with Gasteiger partial charge in [0.1, 0.15) is 0 Å². The molecule has 1 N–H and O–H groups in total. The van der Waals surface area contributed by atoms with Crippen LogP contribution < -0.4 is 5.32 Å². The standard InChI is InChI=1S/C15H20F3N3O2/c1-8-12(9(2)21(3)20-8)13(22)14(23)19-11-7-5-4-6-10(11)15(16,17)18/h10-11H,4-7H2,1-3H3,(H,19,23)/t10-,11-/m1/s1. The van der Waals surface area contributed by atoms with E-state index in [0.717, 1.165) is 0 Å². The zero-order valence-corrected chi connectivity index (χ0v) is 13.3. The average molecular weight is 331 g/mol. The second-order valence-corrected chi connectivity index (χ2v) is 6.01. The van der Waals surface area contributed by atoms with Crippen LogP contribution in [0.5, 0.6) is 0 Å². The Kier molecular flexibility index (Phi) is 4.81. The van der Waals surface area contributed by atoms with Crippen LogP contribution >= 0.6 is 0 Å². The Hall–Kier alpha value is -1.86. The Balaban J connectivity index is 2.15. The first-order valence-electron chi connectivity index (χ1n) is 7.55. The van der Waals surface area contributed by atoms with Crippen molar-refractivity contribution in [2.75, 3.05) is 0 Å². The van der Waals surface area contributed by atoms with E-state index in [0.29, 0.717) is 24.2 Å². The van der Waals surface area contributed by atoms with Crippen LogP contribution in [0.1, 0.15) is 47.4 Å². The van der Waals surface area contributed by atoms with E-state index >= 15 is 0 Å². The van der Waals surface area contributed by atoms with Gasteiger partial charge in [0.15, 0.2) is 0 Å². The van der Waals surface area contributed by atoms with Crippen molar-refractivity contribution in [1.82, 2.24) is 15.1 Å². The van der Waals surface area contributed by atoms with Crippen LogP contribution in [0.3, 0.4) is 0 Å². The van der Waals surface area contributed by atoms with Gasteiger partial charge in [0.2, 0.25) is 0 Å². The number of Topliss-reactive ketones (excluding diaryl/α,β-unsaturated/α-hetero) is 1. The molecule has 5 nitrogen and oxygen atoms in total. The van der Waals surface area contributed by atoms with E-state index in [1.165, 1.54) is 4.68 Å². The molecule has 0 aliphatic heterocycles. The lowest BCUT2D eigenvalue weighted by Gasteiger charge is -2.33. The molecule has 0 saturated heterocycles. The third-order valence-electron chi connectivity index (χ3n) is 4.45. The normalized spacial score (nSPS) is 22.0. The lowest BCUT2D eigenvalue weighted by Crippen LogP contribution is -2.49. The molecule has 1 heterocycles. The summed E-state index contributed by atoms with van der Waals surface area (Å²) in [5.41, 5.74) is 1.06. The van der Waals surface area contributed by atoms with Crippen molar-refractivity contribution in [3.8, 4) is 0 Å². The van der Waals surface area contributed by atoms with Crippen molar-refractivity contribution < 1.29 is 22.8 Å². The Morgan fingerprint density at radius 3 is 2.35 bits per heavy atom. The molecule has 1 aromatic heterocycles. The molecule has 0 aromatic carbocycles. The van der Waals surface area contributed by atoms with E-state index in [-0.39, 0.29) is 18.4 Å². The number of nitrogens with zero attached hydrogens (tertiary/aromatic N) is 2. The van der Waals surface area contributed by atoms with Gasteiger partial charge in [-0.1, -0.05) is 12.8 Å². The minimum absolute atomic E-state index is 0.0203. The molecular formula is C15H20F3N3O2. The number of aryl methyl sites for hydroxylation is 2. The van der Waals surface area contributed by atoms with E-state index < -0.39 is 29.8 Å². The second kappa shape index (κ2) is 6.33. The van der Waals surface area contributed by atoms with Crippen LogP contribution in [0.4, 0.5) is 13.2 Å². The Morgan fingerprint density at radius 1 is 1.22 bits per heavy atom. The Morgan fingerprint density at radius 2 is 1.83 bits per heavy atom. The summed E-state index contributed by atoms with van der Waals surface area (Å²) in [4.78, 5) is 24.4. The molecule has 1 aliphatic carbocycles. The number of amides is 1. The first-order chi connectivity index (χ1) is 10.6. The number of nitrogens with one attached hydrogen (secondary N) is 1. The maximum absolute atomic E-state index is 13.0. The summed E-state index contributed by atoms with van der Waals surface area (Å²) in [6.07, 6.45) is -3.08. The van der Waals surface area contributed by atoms with Gasteiger partial charge in [-0.15, -0.1) is 0 Å². The summed E-state index contributed by atoms with van der Waals surface area (Å²) in [5, 5.41) is 6.34. The topological polar surface area (TPSA) is 64.0 Å². The number of aromatic nitrogens is 2. The van der Waals surface area contributed by atoms with E-state index in [4.69, 9.17) is 0 Å². The molecule has 23 heavy (non-hydrogen) atoms. The SMILES string of the molecule is Cc1nn(C)c(C)c1C(=O)C(=O)N[C@@H]1CCCC[C@H]1C(F)(F)F. The van der Waals surface area contributed by atoms with E-state index in [2.05, 4.69) is 10.4 Å². The number of hydrogen-bond acceptors (Lipinski definition) is 3. The van der Waals surface area contributed by atoms with Crippen molar-refractivity contribution in [2.24, 2.45) is 13.0 Å². The molecule has 0 unspecified atom stereocenters. The fourth-order valence-corrected chi connectivity index (χ4v) is 3.15. The quantitative estimate of drug-likeness (QED) is 0.683. The summed E-state index contributed by atoms with van der Waals surface area (Å²) >= 11 is 0. The van der Waals surface area contributed by atoms with Gasteiger partial charge in [-0.05, 0) is 26.7 Å². The van der Waals surface area contributed by atoms with E-state index in [1.807, 2.05) is 0 Å². The van der Waals surface area contributed by atoms with Gasteiger partial charge in [0.05, 0.1) is 17.2 Å². The zero-order valence-electron chi connectivity index (χ0n) is 13.3. The first kappa shape index (κ1) is 17.5. The van der Waals surface area contributed by atoms with Gasteiger partial charge >= 0.3 is 6.18 Å². The maximum Gasteiger partial charge on any atom is 0.393 e. The molecule has 1 aliphatic rings. The molecule has 2 atom stereocenters. The molecule has 0 bridgehead atoms. The number of halogens is 3. The molecule has 2 rings (SSSR count). The van der Waals surface area contributed by atoms with E-state index in [1.54, 1.807) is 20.9 Å². The third-order valence-corrected chi connectivity index (χ3v) is 4.45. The highest BCUT2D eigenvalue weighted by Gasteiger charge is 2.46. The lowest BCUT2D eigenvalue weighted by atomic mass is 9.84. The third kappa shape index (κ3) is 3.56. The van der Waals surface area contributed by atoms with Gasteiger partial charge in [-0.25, -0.2) is 0 Å². The van der Waals surface area contributed by atoms with Crippen LogP contribution in [-0.4, -0.2) is 33.7 Å². The van der Waals surface area contributed by atoms with Gasteiger partial charge in [-0.2, -0.15) is 18.3 Å². The number of alkyl halides is 3. The first-order valence-corrected chi connectivity index (χ1v) is 7.55. The lowest BCUT2D eigenvalue weighted by molar-refractivity contribution is -0.189. The predicted molar refractivity (Wildman–Crippen MR) is 77.0 cm³/mol. The largest absolute Gasteiger partial charge is 0.393 e. The Labute approximate surface area is 132 Å². The van der Waals surface area contributed by atoms with Crippen LogP contribution in [0, 0.1) is 19.8 Å². The number of hydrogen-bond donors (Lipinski definition) is 1. The van der Waals surface area contributed by atoms with Crippen molar-refractivity contribution in [2.45, 2.75) is 51.7 Å². The number of carbonyl (C=O) groups excluding carboxylic acids is 2. The summed E-state index contributed by atoms with van der Waals surface area (Å²) in [6, 6.07) is -1.04. The number of ketones is 1. The van der Waals surface area contributed by atoms with Gasteiger partial charge in [0, 0.05) is 18.8 Å². The predicted octanol–water partition coefficient (Wildman–Crippen LogP) is 2.46. The molecule has 8 heteroatoms. The molecule has 0 spiro atoms. The highest BCUT2D eigenvalue weighted by Crippen LogP contribution is 2.37. The number of rotatable bonds is 3. The van der Waals surface area contributed by atoms with Crippen LogP contribution in [0.2, 0.25) is 0 Å². The molecule has 1 saturated carbocycles. The van der Waals surface area contributed by atoms with Crippen molar-refractivity contribution in [3.63, 3.8) is 0 Å². The monoisotopic (exact) mass is 331 g/mol. The highest BCUT2D eigenvalue weighted by molar-refractivity contribution is 6.43. The summed E-state index contributed by atoms with van der Waals surface area (Å²) in [5.74, 6) is -3.42. The second-order valence-electron chi connectivity index (χ2n) is 6.01. The smallest absolute Gasteiger partial charge is 0.346 e. The van der Waals surface area contributed by atoms with Gasteiger partial charge < -0.3 is 5.32 Å².